The van der Waals surface area contributed by atoms with Gasteiger partial charge in [-0.2, -0.15) is 0 Å². The Labute approximate surface area is 206 Å². The molecule has 1 aliphatic rings. The lowest BCUT2D eigenvalue weighted by molar-refractivity contribution is 0.0207. The first-order valence-corrected chi connectivity index (χ1v) is 11.5. The number of carbonyl (C=O) groups is 1. The van der Waals surface area contributed by atoms with Crippen LogP contribution in [0.1, 0.15) is 55.8 Å². The molecule has 0 unspecified atom stereocenters. The van der Waals surface area contributed by atoms with Crippen molar-refractivity contribution < 1.29 is 9.53 Å². The number of benzene rings is 1. The average Bonchev–Trinajstić information content (AvgIpc) is 3.34. The highest BCUT2D eigenvalue weighted by Gasteiger charge is 2.29. The van der Waals surface area contributed by atoms with Crippen LogP contribution in [0.3, 0.4) is 0 Å². The van der Waals surface area contributed by atoms with Crippen molar-refractivity contribution in [1.82, 2.24) is 19.6 Å². The van der Waals surface area contributed by atoms with Gasteiger partial charge in [-0.25, -0.2) is 4.98 Å². The van der Waals surface area contributed by atoms with Gasteiger partial charge in [-0.1, -0.05) is 38.2 Å². The normalized spacial score (nSPS) is 18.5. The molecule has 9 heteroatoms. The molecule has 0 saturated carbocycles. The van der Waals surface area contributed by atoms with Gasteiger partial charge in [-0.3, -0.25) is 9.20 Å². The van der Waals surface area contributed by atoms with E-state index in [0.717, 1.165) is 53.4 Å². The summed E-state index contributed by atoms with van der Waals surface area (Å²) in [7, 11) is 1.87. The van der Waals surface area contributed by atoms with E-state index in [1.807, 2.05) is 17.6 Å². The van der Waals surface area contributed by atoms with E-state index in [1.54, 1.807) is 4.90 Å². The number of fused-ring (bicyclic) bond motifs is 3. The second-order valence-corrected chi connectivity index (χ2v) is 10.9. The van der Waals surface area contributed by atoms with Crippen LogP contribution in [0.2, 0.25) is 0 Å². The Balaban J connectivity index is 0.00000181. The molecule has 3 heterocycles. The van der Waals surface area contributed by atoms with Gasteiger partial charge in [0.05, 0.1) is 16.6 Å². The van der Waals surface area contributed by atoms with Gasteiger partial charge >= 0.3 is 0 Å². The minimum atomic E-state index is -0.0459. The molecule has 1 amide bonds. The molecule has 0 aliphatic carbocycles. The van der Waals surface area contributed by atoms with Crippen molar-refractivity contribution >= 4 is 58.1 Å². The Hall–Kier alpha value is -1.38. The summed E-state index contributed by atoms with van der Waals surface area (Å²) in [4.78, 5) is 21.0. The fourth-order valence-electron chi connectivity index (χ4n) is 4.18. The largest absolute Gasteiger partial charge is 0.374 e. The van der Waals surface area contributed by atoms with Gasteiger partial charge in [0, 0.05) is 39.5 Å². The number of thiazole rings is 1. The second kappa shape index (κ2) is 10.3. The third-order valence-corrected chi connectivity index (χ3v) is 6.54. The van der Waals surface area contributed by atoms with Crippen LogP contribution in [0.15, 0.2) is 24.4 Å². The smallest absolute Gasteiger partial charge is 0.265 e. The lowest BCUT2D eigenvalue weighted by atomic mass is 9.96. The number of hydrogen-bond acceptors (Lipinski definition) is 5. The zero-order valence-electron chi connectivity index (χ0n) is 19.4. The van der Waals surface area contributed by atoms with Gasteiger partial charge in [0.15, 0.2) is 4.96 Å². The Bertz CT molecular complexity index is 1070. The number of nitrogens with zero attached hydrogens (tertiary/aromatic N) is 3. The number of rotatable bonds is 6. The first-order chi connectivity index (χ1) is 14.1. The maximum atomic E-state index is 12.9. The number of hydrogen-bond donors (Lipinski definition) is 1. The van der Waals surface area contributed by atoms with Gasteiger partial charge in [0.25, 0.3) is 5.91 Å². The zero-order chi connectivity index (χ0) is 21.5. The van der Waals surface area contributed by atoms with Gasteiger partial charge in [-0.15, -0.1) is 24.8 Å². The average molecular weight is 502 g/mol. The van der Waals surface area contributed by atoms with Gasteiger partial charge in [0.2, 0.25) is 0 Å². The van der Waals surface area contributed by atoms with Crippen LogP contribution in [0.5, 0.6) is 0 Å². The van der Waals surface area contributed by atoms with E-state index in [1.165, 1.54) is 16.9 Å². The highest BCUT2D eigenvalue weighted by Crippen LogP contribution is 2.27. The van der Waals surface area contributed by atoms with Gasteiger partial charge in [0.1, 0.15) is 4.88 Å². The summed E-state index contributed by atoms with van der Waals surface area (Å²) in [6, 6.07) is 6.35. The maximum Gasteiger partial charge on any atom is 0.265 e. The van der Waals surface area contributed by atoms with Crippen molar-refractivity contribution in [1.29, 1.82) is 0 Å². The summed E-state index contributed by atoms with van der Waals surface area (Å²) in [6.07, 6.45) is 4.18. The van der Waals surface area contributed by atoms with Crippen molar-refractivity contribution in [2.45, 2.75) is 52.7 Å². The van der Waals surface area contributed by atoms with Crippen molar-refractivity contribution in [3.63, 3.8) is 0 Å². The Kier molecular flexibility index (Phi) is 8.62. The Morgan fingerprint density at radius 3 is 2.75 bits per heavy atom. The topological polar surface area (TPSA) is 58.9 Å². The molecule has 0 spiro atoms. The molecule has 1 fully saturated rings. The molecule has 178 valence electrons. The number of carbonyl (C=O) groups excluding carboxylic acids is 1. The molecule has 1 aromatic carbocycles. The summed E-state index contributed by atoms with van der Waals surface area (Å²) in [5, 5.41) is 3.54. The summed E-state index contributed by atoms with van der Waals surface area (Å²) >= 11 is 1.45. The van der Waals surface area contributed by atoms with Gasteiger partial charge in [-0.05, 0) is 42.9 Å². The predicted octanol–water partition coefficient (Wildman–Crippen LogP) is 5.17. The molecular formula is C23H34Cl2N4O2S. The monoisotopic (exact) mass is 500 g/mol. The molecular weight excluding hydrogens is 467 g/mol. The highest BCUT2D eigenvalue weighted by molar-refractivity contribution is 7.18. The number of imidazole rings is 1. The molecule has 4 rings (SSSR count). The third kappa shape index (κ3) is 5.94. The molecule has 0 bridgehead atoms. The lowest BCUT2D eigenvalue weighted by Crippen LogP contribution is -2.36. The Morgan fingerprint density at radius 2 is 2.09 bits per heavy atom. The number of nitrogens with one attached hydrogen (secondary N) is 1. The van der Waals surface area contributed by atoms with E-state index in [-0.39, 0.29) is 41.7 Å². The van der Waals surface area contributed by atoms with Crippen molar-refractivity contribution in [3.8, 4) is 0 Å². The summed E-state index contributed by atoms with van der Waals surface area (Å²) in [5.74, 6) is 0.0520. The maximum absolute atomic E-state index is 12.9. The number of aromatic nitrogens is 2. The fourth-order valence-corrected chi connectivity index (χ4v) is 5.17. The molecule has 0 radical (unpaired) electrons. The van der Waals surface area contributed by atoms with Crippen LogP contribution in [0.25, 0.3) is 16.0 Å². The van der Waals surface area contributed by atoms with Crippen LogP contribution in [-0.4, -0.2) is 52.5 Å². The molecule has 1 N–H and O–H groups in total. The molecule has 1 atom stereocenters. The Morgan fingerprint density at radius 1 is 1.34 bits per heavy atom. The van der Waals surface area contributed by atoms with E-state index in [2.05, 4.69) is 51.2 Å². The molecule has 1 saturated heterocycles. The fraction of sp³-hybridized carbons (Fsp3) is 0.565. The van der Waals surface area contributed by atoms with Crippen LogP contribution in [-0.2, 0) is 11.3 Å². The first-order valence-electron chi connectivity index (χ1n) is 10.6. The van der Waals surface area contributed by atoms with Crippen LogP contribution in [0, 0.1) is 5.41 Å². The minimum Gasteiger partial charge on any atom is -0.374 e. The number of halogens is 2. The van der Waals surface area contributed by atoms with Crippen molar-refractivity contribution in [3.05, 3.63) is 34.8 Å². The summed E-state index contributed by atoms with van der Waals surface area (Å²) < 4.78 is 7.90. The van der Waals surface area contributed by atoms with E-state index in [9.17, 15) is 4.79 Å². The third-order valence-electron chi connectivity index (χ3n) is 5.57. The standard InChI is InChI=1S/C23H32N4O2S.2ClH/c1-22(2,3)15-26(5)20(28)19-13-27-18-11-16(7-8-17(18)25-21(27)30-19)12-24-14-23(4)9-6-10-29-23;;/h7-8,11,13,24H,6,9-10,12,14-15H2,1-5H3;2*1H/t23-;;/m1../s1. The number of ether oxygens (including phenoxy) is 1. The van der Waals surface area contributed by atoms with E-state index >= 15 is 0 Å². The van der Waals surface area contributed by atoms with Gasteiger partial charge < -0.3 is 15.0 Å². The van der Waals surface area contributed by atoms with Crippen LogP contribution >= 0.6 is 36.2 Å². The molecule has 3 aromatic rings. The zero-order valence-corrected chi connectivity index (χ0v) is 21.9. The number of amides is 1. The molecule has 32 heavy (non-hydrogen) atoms. The minimum absolute atomic E-state index is 0. The molecule has 1 aliphatic heterocycles. The van der Waals surface area contributed by atoms with E-state index < -0.39 is 0 Å². The SMILES string of the molecule is CN(CC(C)(C)C)C(=O)c1cn2c(nc3ccc(CNC[C@@]4(C)CCCO4)cc32)s1.Cl.Cl. The summed E-state index contributed by atoms with van der Waals surface area (Å²) in [5.41, 5.74) is 3.22. The molecule has 2 aromatic heterocycles. The predicted molar refractivity (Wildman–Crippen MR) is 137 cm³/mol. The van der Waals surface area contributed by atoms with Crippen molar-refractivity contribution in [2.75, 3.05) is 26.7 Å². The van der Waals surface area contributed by atoms with E-state index in [4.69, 9.17) is 9.72 Å². The van der Waals surface area contributed by atoms with Crippen LogP contribution in [0.4, 0.5) is 0 Å². The quantitative estimate of drug-likeness (QED) is 0.507. The first kappa shape index (κ1) is 26.9. The summed E-state index contributed by atoms with van der Waals surface area (Å²) in [6.45, 7) is 11.8. The second-order valence-electron chi connectivity index (χ2n) is 9.91. The lowest BCUT2D eigenvalue weighted by Gasteiger charge is -2.26. The van der Waals surface area contributed by atoms with E-state index in [0.29, 0.717) is 6.54 Å². The highest BCUT2D eigenvalue weighted by atomic mass is 35.5. The van der Waals surface area contributed by atoms with Crippen LogP contribution < -0.4 is 5.32 Å². The van der Waals surface area contributed by atoms with Crippen molar-refractivity contribution in [2.24, 2.45) is 5.41 Å². The molecule has 6 nitrogen and oxygen atoms in total.